The van der Waals surface area contributed by atoms with E-state index in [-0.39, 0.29) is 11.7 Å². The monoisotopic (exact) mass is 250 g/mol. The maximum Gasteiger partial charge on any atom is 0.255 e. The molecule has 2 N–H and O–H groups in total. The van der Waals surface area contributed by atoms with Gasteiger partial charge in [0.15, 0.2) is 0 Å². The van der Waals surface area contributed by atoms with Crippen molar-refractivity contribution in [1.82, 2.24) is 5.32 Å². The number of anilines is 1. The van der Waals surface area contributed by atoms with Gasteiger partial charge in [-0.1, -0.05) is 0 Å². The van der Waals surface area contributed by atoms with Crippen molar-refractivity contribution in [1.29, 1.82) is 0 Å². The van der Waals surface area contributed by atoms with Gasteiger partial charge in [-0.15, -0.1) is 0 Å². The van der Waals surface area contributed by atoms with Crippen LogP contribution >= 0.6 is 0 Å². The Kier molecular flexibility index (Phi) is 2.52. The molecule has 0 saturated carbocycles. The van der Waals surface area contributed by atoms with Gasteiger partial charge < -0.3 is 15.4 Å². The molecule has 2 aliphatic heterocycles. The summed E-state index contributed by atoms with van der Waals surface area (Å²) in [6.45, 7) is 2.92. The molecule has 1 aromatic rings. The molecule has 0 aliphatic carbocycles. The number of aryl methyl sites for hydroxylation is 1. The van der Waals surface area contributed by atoms with E-state index in [1.165, 1.54) is 6.07 Å². The van der Waals surface area contributed by atoms with Crippen LogP contribution in [-0.4, -0.2) is 24.8 Å². The predicted octanol–water partition coefficient (Wildman–Crippen LogP) is 1.80. The van der Waals surface area contributed by atoms with Crippen molar-refractivity contribution in [3.63, 3.8) is 0 Å². The number of benzene rings is 1. The van der Waals surface area contributed by atoms with Crippen molar-refractivity contribution in [2.45, 2.75) is 25.4 Å². The highest BCUT2D eigenvalue weighted by Gasteiger charge is 2.39. The van der Waals surface area contributed by atoms with E-state index in [2.05, 4.69) is 10.6 Å². The first-order valence-electron chi connectivity index (χ1n) is 6.08. The number of fused-ring (bicyclic) bond motifs is 1. The molecule has 1 spiro atoms. The fraction of sp³-hybridized carbons (Fsp3) is 0.462. The number of halogens is 1. The number of carbonyl (C=O) groups excluding carboxylic acids is 1. The maximum absolute atomic E-state index is 13.5. The van der Waals surface area contributed by atoms with Gasteiger partial charge in [-0.05, 0) is 24.6 Å². The summed E-state index contributed by atoms with van der Waals surface area (Å²) in [5.41, 5.74) is 1.18. The lowest BCUT2D eigenvalue weighted by Crippen LogP contribution is -2.60. The summed E-state index contributed by atoms with van der Waals surface area (Å²) < 4.78 is 18.8. The molecule has 0 aromatic heterocycles. The third-order valence-electron chi connectivity index (χ3n) is 3.62. The molecule has 0 unspecified atom stereocenters. The third kappa shape index (κ3) is 1.75. The summed E-state index contributed by atoms with van der Waals surface area (Å²) >= 11 is 0. The molecule has 1 saturated heterocycles. The molecule has 1 aromatic carbocycles. The van der Waals surface area contributed by atoms with Crippen LogP contribution in [-0.2, 0) is 4.74 Å². The van der Waals surface area contributed by atoms with Gasteiger partial charge in [-0.25, -0.2) is 4.39 Å². The molecule has 18 heavy (non-hydrogen) atoms. The quantitative estimate of drug-likeness (QED) is 0.738. The zero-order chi connectivity index (χ0) is 12.8. The largest absolute Gasteiger partial charge is 0.381 e. The average molecular weight is 250 g/mol. The van der Waals surface area contributed by atoms with Crippen molar-refractivity contribution in [2.75, 3.05) is 18.5 Å². The molecular weight excluding hydrogens is 235 g/mol. The summed E-state index contributed by atoms with van der Waals surface area (Å²) in [5, 5.41) is 6.27. The van der Waals surface area contributed by atoms with Crippen LogP contribution in [0, 0.1) is 12.7 Å². The fourth-order valence-corrected chi connectivity index (χ4v) is 2.52. The molecule has 4 nitrogen and oxygen atoms in total. The zero-order valence-electron chi connectivity index (χ0n) is 10.2. The molecule has 5 heteroatoms. The normalized spacial score (nSPS) is 21.1. The smallest absolute Gasteiger partial charge is 0.255 e. The van der Waals surface area contributed by atoms with Gasteiger partial charge in [0.2, 0.25) is 0 Å². The lowest BCUT2D eigenvalue weighted by Gasteiger charge is -2.42. The Bertz CT molecular complexity index is 510. The van der Waals surface area contributed by atoms with Gasteiger partial charge in [0.1, 0.15) is 11.5 Å². The van der Waals surface area contributed by atoms with Crippen LogP contribution in [0.2, 0.25) is 0 Å². The van der Waals surface area contributed by atoms with Gasteiger partial charge >= 0.3 is 0 Å². The minimum absolute atomic E-state index is 0.218. The Morgan fingerprint density at radius 3 is 2.72 bits per heavy atom. The number of rotatable bonds is 0. The van der Waals surface area contributed by atoms with Crippen LogP contribution in [0.15, 0.2) is 12.1 Å². The van der Waals surface area contributed by atoms with E-state index in [9.17, 15) is 9.18 Å². The summed E-state index contributed by atoms with van der Waals surface area (Å²) in [6.07, 6.45) is 1.43. The van der Waals surface area contributed by atoms with Crippen LogP contribution in [0.3, 0.4) is 0 Å². The topological polar surface area (TPSA) is 50.4 Å². The fourth-order valence-electron chi connectivity index (χ4n) is 2.52. The Morgan fingerprint density at radius 1 is 1.28 bits per heavy atom. The summed E-state index contributed by atoms with van der Waals surface area (Å²) in [6, 6.07) is 2.99. The van der Waals surface area contributed by atoms with E-state index < -0.39 is 5.66 Å². The SMILES string of the molecule is Cc1cc2c(cc1F)C(=O)NC1(CCOCC1)N2. The van der Waals surface area contributed by atoms with Crippen LogP contribution in [0.4, 0.5) is 10.1 Å². The van der Waals surface area contributed by atoms with Crippen molar-refractivity contribution < 1.29 is 13.9 Å². The summed E-state index contributed by atoms with van der Waals surface area (Å²) in [7, 11) is 0. The van der Waals surface area contributed by atoms with E-state index in [0.717, 1.165) is 0 Å². The van der Waals surface area contributed by atoms with E-state index in [4.69, 9.17) is 4.74 Å². The maximum atomic E-state index is 13.5. The van der Waals surface area contributed by atoms with Crippen molar-refractivity contribution in [3.8, 4) is 0 Å². The predicted molar refractivity (Wildman–Crippen MR) is 65.0 cm³/mol. The summed E-state index contributed by atoms with van der Waals surface area (Å²) in [5.74, 6) is -0.571. The number of ether oxygens (including phenoxy) is 1. The average Bonchev–Trinajstić information content (AvgIpc) is 2.33. The van der Waals surface area contributed by atoms with Gasteiger partial charge in [0.05, 0.1) is 18.8 Å². The van der Waals surface area contributed by atoms with E-state index in [0.29, 0.717) is 42.9 Å². The molecule has 3 rings (SSSR count). The van der Waals surface area contributed by atoms with Crippen molar-refractivity contribution >= 4 is 11.6 Å². The molecule has 2 aliphatic rings. The van der Waals surface area contributed by atoms with Crippen molar-refractivity contribution in [3.05, 3.63) is 29.1 Å². The first-order chi connectivity index (χ1) is 8.60. The highest BCUT2D eigenvalue weighted by Crippen LogP contribution is 2.32. The summed E-state index contributed by atoms with van der Waals surface area (Å²) in [4.78, 5) is 12.1. The third-order valence-corrected chi connectivity index (χ3v) is 3.62. The van der Waals surface area contributed by atoms with Crippen LogP contribution in [0.25, 0.3) is 0 Å². The Labute approximate surface area is 105 Å². The molecule has 0 radical (unpaired) electrons. The standard InChI is InChI=1S/C13H15FN2O2/c1-8-6-11-9(7-10(8)14)12(17)16-13(15-11)2-4-18-5-3-13/h6-7,15H,2-5H2,1H3,(H,16,17). The van der Waals surface area contributed by atoms with Crippen LogP contribution < -0.4 is 10.6 Å². The first kappa shape index (κ1) is 11.5. The second kappa shape index (κ2) is 3.95. The number of amides is 1. The molecule has 1 amide bonds. The minimum Gasteiger partial charge on any atom is -0.381 e. The van der Waals surface area contributed by atoms with Gasteiger partial charge in [-0.3, -0.25) is 4.79 Å². The lowest BCUT2D eigenvalue weighted by atomic mass is 9.94. The lowest BCUT2D eigenvalue weighted by molar-refractivity contribution is 0.0436. The van der Waals surface area contributed by atoms with E-state index in [1.807, 2.05) is 0 Å². The molecular formula is C13H15FN2O2. The van der Waals surface area contributed by atoms with Gasteiger partial charge in [-0.2, -0.15) is 0 Å². The molecule has 1 fully saturated rings. The highest BCUT2D eigenvalue weighted by molar-refractivity contribution is 6.02. The Balaban J connectivity index is 2.01. The van der Waals surface area contributed by atoms with Crippen LogP contribution in [0.5, 0.6) is 0 Å². The second-order valence-electron chi connectivity index (χ2n) is 4.92. The number of carbonyl (C=O) groups is 1. The Hall–Kier alpha value is -1.62. The number of hydrogen-bond donors (Lipinski definition) is 2. The zero-order valence-corrected chi connectivity index (χ0v) is 10.2. The van der Waals surface area contributed by atoms with Gasteiger partial charge in [0, 0.05) is 18.5 Å². The molecule has 96 valence electrons. The first-order valence-corrected chi connectivity index (χ1v) is 6.08. The molecule has 0 bridgehead atoms. The number of hydrogen-bond acceptors (Lipinski definition) is 3. The van der Waals surface area contributed by atoms with Crippen LogP contribution in [0.1, 0.15) is 28.8 Å². The van der Waals surface area contributed by atoms with Gasteiger partial charge in [0.25, 0.3) is 5.91 Å². The van der Waals surface area contributed by atoms with E-state index >= 15 is 0 Å². The minimum atomic E-state index is -0.438. The highest BCUT2D eigenvalue weighted by atomic mass is 19.1. The van der Waals surface area contributed by atoms with Crippen molar-refractivity contribution in [2.24, 2.45) is 0 Å². The molecule has 2 heterocycles. The Morgan fingerprint density at radius 2 is 2.00 bits per heavy atom. The molecule has 0 atom stereocenters. The number of nitrogens with one attached hydrogen (secondary N) is 2. The second-order valence-corrected chi connectivity index (χ2v) is 4.92. The van der Waals surface area contributed by atoms with E-state index in [1.54, 1.807) is 13.0 Å².